The average Bonchev–Trinajstić information content (AvgIpc) is 3.20. The normalized spacial score (nSPS) is 10.9. The lowest BCUT2D eigenvalue weighted by Crippen LogP contribution is -2.30. The molecule has 28 heavy (non-hydrogen) atoms. The topological polar surface area (TPSA) is 56.1 Å². The number of benzene rings is 1. The third-order valence-electron chi connectivity index (χ3n) is 4.92. The van der Waals surface area contributed by atoms with Crippen LogP contribution in [0.4, 0.5) is 0 Å². The van der Waals surface area contributed by atoms with Crippen molar-refractivity contribution in [1.29, 1.82) is 0 Å². The molecule has 2 heterocycles. The van der Waals surface area contributed by atoms with Crippen LogP contribution in [-0.4, -0.2) is 29.1 Å². The Bertz CT molecular complexity index is 988. The molecule has 0 bridgehead atoms. The van der Waals surface area contributed by atoms with Crippen LogP contribution in [-0.2, 0) is 17.8 Å². The van der Waals surface area contributed by atoms with Crippen LogP contribution >= 0.6 is 11.3 Å². The van der Waals surface area contributed by atoms with E-state index in [0.29, 0.717) is 13.1 Å². The Morgan fingerprint density at radius 3 is 2.68 bits per heavy atom. The van der Waals surface area contributed by atoms with Gasteiger partial charge in [0, 0.05) is 28.9 Å². The Labute approximate surface area is 170 Å². The molecule has 0 aliphatic carbocycles. The lowest BCUT2D eigenvalue weighted by Gasteiger charge is -2.12. The Kier molecular flexibility index (Phi) is 6.19. The molecule has 0 aliphatic rings. The SMILES string of the molecule is COc1ccc(C)cc1CCNC(=O)Cn1c(C)cc(-c2csc(C)n2)c1C. The molecule has 1 amide bonds. The van der Waals surface area contributed by atoms with Crippen LogP contribution in [0.3, 0.4) is 0 Å². The number of aryl methyl sites for hydroxylation is 3. The molecule has 6 heteroatoms. The summed E-state index contributed by atoms with van der Waals surface area (Å²) in [5.41, 5.74) is 6.50. The molecule has 5 nitrogen and oxygen atoms in total. The van der Waals surface area contributed by atoms with E-state index in [4.69, 9.17) is 4.74 Å². The summed E-state index contributed by atoms with van der Waals surface area (Å²) >= 11 is 1.64. The fourth-order valence-electron chi connectivity index (χ4n) is 3.43. The predicted octanol–water partition coefficient (Wildman–Crippen LogP) is 4.21. The minimum atomic E-state index is 0.00873. The van der Waals surface area contributed by atoms with E-state index in [1.807, 2.05) is 37.5 Å². The molecule has 3 aromatic rings. The predicted molar refractivity (Wildman–Crippen MR) is 114 cm³/mol. The zero-order valence-electron chi connectivity index (χ0n) is 17.1. The van der Waals surface area contributed by atoms with Crippen molar-refractivity contribution in [3.8, 4) is 17.0 Å². The van der Waals surface area contributed by atoms with E-state index in [1.54, 1.807) is 18.4 Å². The summed E-state index contributed by atoms with van der Waals surface area (Å²) in [6.45, 7) is 9.02. The highest BCUT2D eigenvalue weighted by atomic mass is 32.1. The number of aromatic nitrogens is 2. The highest BCUT2D eigenvalue weighted by molar-refractivity contribution is 7.09. The van der Waals surface area contributed by atoms with Gasteiger partial charge in [0.05, 0.1) is 17.8 Å². The van der Waals surface area contributed by atoms with Gasteiger partial charge in [-0.05, 0) is 51.8 Å². The maximum absolute atomic E-state index is 12.5. The smallest absolute Gasteiger partial charge is 0.239 e. The lowest BCUT2D eigenvalue weighted by molar-refractivity contribution is -0.121. The van der Waals surface area contributed by atoms with E-state index in [9.17, 15) is 4.79 Å². The third-order valence-corrected chi connectivity index (χ3v) is 5.70. The van der Waals surface area contributed by atoms with Gasteiger partial charge >= 0.3 is 0 Å². The van der Waals surface area contributed by atoms with E-state index in [1.165, 1.54) is 5.56 Å². The van der Waals surface area contributed by atoms with E-state index in [0.717, 1.165) is 45.4 Å². The van der Waals surface area contributed by atoms with Crippen molar-refractivity contribution in [3.05, 3.63) is 57.2 Å². The second-order valence-electron chi connectivity index (χ2n) is 7.04. The van der Waals surface area contributed by atoms with Gasteiger partial charge in [0.15, 0.2) is 0 Å². The zero-order valence-corrected chi connectivity index (χ0v) is 17.9. The molecule has 0 unspecified atom stereocenters. The largest absolute Gasteiger partial charge is 0.496 e. The molecular formula is C22H27N3O2S. The molecule has 2 aromatic heterocycles. The molecule has 3 rings (SSSR count). The van der Waals surface area contributed by atoms with Crippen molar-refractivity contribution in [2.24, 2.45) is 0 Å². The summed E-state index contributed by atoms with van der Waals surface area (Å²) in [5.74, 6) is 0.870. The number of hydrogen-bond acceptors (Lipinski definition) is 4. The number of ether oxygens (including phenoxy) is 1. The molecule has 0 aliphatic heterocycles. The fraction of sp³-hybridized carbons (Fsp3) is 0.364. The highest BCUT2D eigenvalue weighted by Gasteiger charge is 2.15. The molecule has 148 valence electrons. The molecule has 1 aromatic carbocycles. The van der Waals surface area contributed by atoms with Crippen LogP contribution in [0.1, 0.15) is 27.5 Å². The first-order valence-electron chi connectivity index (χ1n) is 9.38. The number of amides is 1. The highest BCUT2D eigenvalue weighted by Crippen LogP contribution is 2.28. The monoisotopic (exact) mass is 397 g/mol. The maximum atomic E-state index is 12.5. The van der Waals surface area contributed by atoms with Crippen molar-refractivity contribution >= 4 is 17.2 Å². The van der Waals surface area contributed by atoms with Crippen LogP contribution in [0.5, 0.6) is 5.75 Å². The molecule has 0 saturated carbocycles. The van der Waals surface area contributed by atoms with Gasteiger partial charge in [-0.1, -0.05) is 17.7 Å². The van der Waals surface area contributed by atoms with Crippen LogP contribution in [0.25, 0.3) is 11.3 Å². The van der Waals surface area contributed by atoms with Crippen molar-refractivity contribution in [2.45, 2.75) is 40.7 Å². The van der Waals surface area contributed by atoms with Crippen molar-refractivity contribution in [3.63, 3.8) is 0 Å². The molecule has 1 N–H and O–H groups in total. The number of methoxy groups -OCH3 is 1. The molecular weight excluding hydrogens is 370 g/mol. The summed E-state index contributed by atoms with van der Waals surface area (Å²) < 4.78 is 7.46. The summed E-state index contributed by atoms with van der Waals surface area (Å²) in [7, 11) is 1.67. The zero-order chi connectivity index (χ0) is 20.3. The quantitative estimate of drug-likeness (QED) is 0.650. The van der Waals surface area contributed by atoms with Gasteiger partial charge in [-0.25, -0.2) is 4.98 Å². The number of rotatable bonds is 7. The van der Waals surface area contributed by atoms with Gasteiger partial charge in [-0.2, -0.15) is 0 Å². The Morgan fingerprint density at radius 1 is 1.21 bits per heavy atom. The first-order chi connectivity index (χ1) is 13.4. The Hall–Kier alpha value is -2.60. The molecule has 0 spiro atoms. The third kappa shape index (κ3) is 4.44. The Morgan fingerprint density at radius 2 is 2.00 bits per heavy atom. The van der Waals surface area contributed by atoms with Crippen LogP contribution in [0.15, 0.2) is 29.6 Å². The number of thiazole rings is 1. The summed E-state index contributed by atoms with van der Waals surface area (Å²) in [5, 5.41) is 6.14. The standard InChI is InChI=1S/C22H27N3O2S/c1-14-6-7-21(27-5)18(10-14)8-9-23-22(26)12-25-15(2)11-19(16(25)3)20-13-28-17(4)24-20/h6-7,10-11,13H,8-9,12H2,1-5H3,(H,23,26). The Balaban J connectivity index is 1.63. The van der Waals surface area contributed by atoms with Gasteiger partial charge in [0.1, 0.15) is 12.3 Å². The van der Waals surface area contributed by atoms with Gasteiger partial charge < -0.3 is 14.6 Å². The molecule has 0 atom stereocenters. The van der Waals surface area contributed by atoms with Crippen LogP contribution in [0, 0.1) is 27.7 Å². The molecule has 0 radical (unpaired) electrons. The van der Waals surface area contributed by atoms with E-state index < -0.39 is 0 Å². The lowest BCUT2D eigenvalue weighted by atomic mass is 10.1. The minimum absolute atomic E-state index is 0.00873. The first-order valence-corrected chi connectivity index (χ1v) is 10.3. The van der Waals surface area contributed by atoms with Crippen molar-refractivity contribution in [2.75, 3.05) is 13.7 Å². The summed E-state index contributed by atoms with van der Waals surface area (Å²) in [4.78, 5) is 17.1. The van der Waals surface area contributed by atoms with Crippen LogP contribution in [0.2, 0.25) is 0 Å². The minimum Gasteiger partial charge on any atom is -0.496 e. The number of hydrogen-bond donors (Lipinski definition) is 1. The maximum Gasteiger partial charge on any atom is 0.239 e. The number of nitrogens with one attached hydrogen (secondary N) is 1. The van der Waals surface area contributed by atoms with E-state index in [-0.39, 0.29) is 5.91 Å². The number of carbonyl (C=O) groups is 1. The fourth-order valence-corrected chi connectivity index (χ4v) is 4.04. The van der Waals surface area contributed by atoms with E-state index in [2.05, 4.69) is 34.7 Å². The first kappa shape index (κ1) is 20.1. The second-order valence-corrected chi connectivity index (χ2v) is 8.10. The van der Waals surface area contributed by atoms with Crippen molar-refractivity contribution < 1.29 is 9.53 Å². The number of nitrogens with zero attached hydrogens (tertiary/aromatic N) is 2. The summed E-state index contributed by atoms with van der Waals surface area (Å²) in [6.07, 6.45) is 0.740. The second kappa shape index (κ2) is 8.61. The van der Waals surface area contributed by atoms with Crippen LogP contribution < -0.4 is 10.1 Å². The average molecular weight is 398 g/mol. The molecule has 0 fully saturated rings. The van der Waals surface area contributed by atoms with Gasteiger partial charge in [-0.15, -0.1) is 11.3 Å². The molecule has 0 saturated heterocycles. The van der Waals surface area contributed by atoms with Gasteiger partial charge in [0.2, 0.25) is 5.91 Å². The number of carbonyl (C=O) groups excluding carboxylic acids is 1. The van der Waals surface area contributed by atoms with Crippen molar-refractivity contribution in [1.82, 2.24) is 14.9 Å². The van der Waals surface area contributed by atoms with E-state index >= 15 is 0 Å². The van der Waals surface area contributed by atoms with Gasteiger partial charge in [0.25, 0.3) is 0 Å². The van der Waals surface area contributed by atoms with Gasteiger partial charge in [-0.3, -0.25) is 4.79 Å². The summed E-state index contributed by atoms with van der Waals surface area (Å²) in [6, 6.07) is 8.21.